The Kier molecular flexibility index (Phi) is 3.97. The minimum atomic E-state index is -0.511. The van der Waals surface area contributed by atoms with Gasteiger partial charge in [0.05, 0.1) is 22.9 Å². The molecule has 4 aromatic heterocycles. The number of H-pyrrole nitrogens is 2. The molecule has 32 heavy (non-hydrogen) atoms. The Balaban J connectivity index is 1.52. The van der Waals surface area contributed by atoms with Gasteiger partial charge in [-0.15, -0.1) is 0 Å². The summed E-state index contributed by atoms with van der Waals surface area (Å²) in [6, 6.07) is 11.9. The number of aromatic hydroxyl groups is 1. The third-order valence-corrected chi connectivity index (χ3v) is 5.45. The van der Waals surface area contributed by atoms with Gasteiger partial charge >= 0.3 is 0 Å². The van der Waals surface area contributed by atoms with Crippen molar-refractivity contribution >= 4 is 21.8 Å². The molecule has 0 saturated carbocycles. The Labute approximate surface area is 180 Å². The lowest BCUT2D eigenvalue weighted by molar-refractivity contribution is 0.469. The molecule has 0 bridgehead atoms. The summed E-state index contributed by atoms with van der Waals surface area (Å²) >= 11 is 0. The number of hydrogen-bond acceptors (Lipinski definition) is 5. The van der Waals surface area contributed by atoms with Crippen LogP contribution in [0.4, 0.5) is 4.39 Å². The quantitative estimate of drug-likeness (QED) is 0.369. The highest BCUT2D eigenvalue weighted by Crippen LogP contribution is 2.35. The van der Waals surface area contributed by atoms with Crippen molar-refractivity contribution in [3.05, 3.63) is 79.4 Å². The predicted molar refractivity (Wildman–Crippen MR) is 119 cm³/mol. The number of rotatable bonds is 3. The Bertz CT molecular complexity index is 1590. The first-order valence-corrected chi connectivity index (χ1v) is 9.86. The maximum Gasteiger partial charge on any atom is 0.127 e. The summed E-state index contributed by atoms with van der Waals surface area (Å²) in [7, 11) is 0. The normalized spacial score (nSPS) is 11.4. The molecule has 3 N–H and O–H groups in total. The fourth-order valence-corrected chi connectivity index (χ4v) is 3.99. The van der Waals surface area contributed by atoms with Gasteiger partial charge in [-0.3, -0.25) is 10.1 Å². The van der Waals surface area contributed by atoms with Crippen molar-refractivity contribution in [1.82, 2.24) is 30.1 Å². The van der Waals surface area contributed by atoms with Gasteiger partial charge in [-0.05, 0) is 41.5 Å². The summed E-state index contributed by atoms with van der Waals surface area (Å²) < 4.78 is 13.9. The number of halogens is 1. The minimum Gasteiger partial charge on any atom is -0.508 e. The van der Waals surface area contributed by atoms with Gasteiger partial charge in [-0.25, -0.2) is 14.4 Å². The van der Waals surface area contributed by atoms with Crippen molar-refractivity contribution in [3.63, 3.8) is 0 Å². The molecule has 0 radical (unpaired) electrons. The van der Waals surface area contributed by atoms with Crippen molar-refractivity contribution < 1.29 is 9.50 Å². The number of aromatic nitrogens is 6. The molecule has 0 aliphatic heterocycles. The van der Waals surface area contributed by atoms with Crippen molar-refractivity contribution in [3.8, 4) is 39.4 Å². The summed E-state index contributed by atoms with van der Waals surface area (Å²) in [6.07, 6.45) is 8.40. The summed E-state index contributed by atoms with van der Waals surface area (Å²) in [4.78, 5) is 15.8. The topological polar surface area (TPSA) is 103 Å². The lowest BCUT2D eigenvalue weighted by Gasteiger charge is -2.04. The molecule has 4 heterocycles. The number of pyridine rings is 1. The van der Waals surface area contributed by atoms with E-state index in [2.05, 4.69) is 30.1 Å². The molecule has 0 aliphatic rings. The third-order valence-electron chi connectivity index (χ3n) is 5.45. The fourth-order valence-electron chi connectivity index (χ4n) is 3.99. The van der Waals surface area contributed by atoms with Crippen LogP contribution < -0.4 is 0 Å². The summed E-state index contributed by atoms with van der Waals surface area (Å²) in [5.41, 5.74) is 6.37. The molecule has 7 nitrogen and oxygen atoms in total. The van der Waals surface area contributed by atoms with E-state index in [0.29, 0.717) is 11.1 Å². The largest absolute Gasteiger partial charge is 0.508 e. The van der Waals surface area contributed by atoms with E-state index in [0.717, 1.165) is 50.4 Å². The zero-order valence-electron chi connectivity index (χ0n) is 16.5. The number of fused-ring (bicyclic) bond motifs is 2. The van der Waals surface area contributed by atoms with Gasteiger partial charge in [0.25, 0.3) is 0 Å². The molecule has 0 unspecified atom stereocenters. The molecule has 0 spiro atoms. The molecule has 154 valence electrons. The molecule has 0 aliphatic carbocycles. The fraction of sp³-hybridized carbons (Fsp3) is 0. The Morgan fingerprint density at radius 1 is 0.750 bits per heavy atom. The van der Waals surface area contributed by atoms with E-state index in [1.54, 1.807) is 24.8 Å². The highest BCUT2D eigenvalue weighted by molar-refractivity contribution is 6.01. The lowest BCUT2D eigenvalue weighted by atomic mass is 10.0. The van der Waals surface area contributed by atoms with E-state index >= 15 is 0 Å². The Morgan fingerprint density at radius 3 is 2.47 bits per heavy atom. The first-order chi connectivity index (χ1) is 15.7. The zero-order valence-corrected chi connectivity index (χ0v) is 16.5. The molecule has 0 atom stereocenters. The first kappa shape index (κ1) is 18.2. The number of phenols is 1. The maximum atomic E-state index is 13.9. The van der Waals surface area contributed by atoms with Gasteiger partial charge < -0.3 is 10.1 Å². The van der Waals surface area contributed by atoms with E-state index in [1.807, 2.05) is 24.3 Å². The van der Waals surface area contributed by atoms with Crippen LogP contribution in [0.25, 0.3) is 55.4 Å². The molecular formula is C24H15FN6O. The van der Waals surface area contributed by atoms with Crippen LogP contribution in [0.3, 0.4) is 0 Å². The van der Waals surface area contributed by atoms with Crippen molar-refractivity contribution in [2.45, 2.75) is 0 Å². The van der Waals surface area contributed by atoms with Gasteiger partial charge in [0.1, 0.15) is 23.6 Å². The van der Waals surface area contributed by atoms with Gasteiger partial charge in [0.15, 0.2) is 0 Å². The minimum absolute atomic E-state index is 0.136. The summed E-state index contributed by atoms with van der Waals surface area (Å²) in [6.45, 7) is 0. The number of benzene rings is 2. The van der Waals surface area contributed by atoms with Gasteiger partial charge in [0.2, 0.25) is 0 Å². The van der Waals surface area contributed by atoms with Gasteiger partial charge in [-0.1, -0.05) is 6.07 Å². The lowest BCUT2D eigenvalue weighted by Crippen LogP contribution is -1.84. The zero-order chi connectivity index (χ0) is 21.7. The number of phenolic OH excluding ortho intramolecular Hbond substituents is 1. The molecule has 0 saturated heterocycles. The molecule has 6 aromatic rings. The molecule has 0 amide bonds. The maximum absolute atomic E-state index is 13.9. The van der Waals surface area contributed by atoms with Crippen molar-refractivity contribution in [1.29, 1.82) is 0 Å². The summed E-state index contributed by atoms with van der Waals surface area (Å²) in [5.74, 6) is -0.646. The van der Waals surface area contributed by atoms with Gasteiger partial charge in [-0.2, -0.15) is 5.10 Å². The molecule has 6 rings (SSSR count). The Morgan fingerprint density at radius 2 is 1.62 bits per heavy atom. The average Bonchev–Trinajstić information content (AvgIpc) is 3.42. The van der Waals surface area contributed by atoms with Crippen LogP contribution in [0.1, 0.15) is 0 Å². The molecule has 0 fully saturated rings. The molecule has 2 aromatic carbocycles. The standard InChI is InChI=1S/C24H15FN6O/c25-16-3-14(4-17(32)6-16)20-10-26-11-23-18(20)7-22(29-23)24-19-5-13(1-2-21(19)30-31-24)15-8-27-12-28-9-15/h1-12,29,32H,(H,30,31). The second kappa shape index (κ2) is 6.98. The highest BCUT2D eigenvalue weighted by Gasteiger charge is 2.15. The van der Waals surface area contributed by atoms with E-state index in [-0.39, 0.29) is 5.75 Å². The van der Waals surface area contributed by atoms with Gasteiger partial charge in [0, 0.05) is 46.6 Å². The average molecular weight is 422 g/mol. The first-order valence-electron chi connectivity index (χ1n) is 9.86. The predicted octanol–water partition coefficient (Wildman–Crippen LogP) is 5.07. The van der Waals surface area contributed by atoms with Crippen molar-refractivity contribution in [2.24, 2.45) is 0 Å². The van der Waals surface area contributed by atoms with Crippen LogP contribution in [0.15, 0.2) is 73.6 Å². The Hall–Kier alpha value is -4.59. The van der Waals surface area contributed by atoms with Crippen LogP contribution in [0, 0.1) is 5.82 Å². The SMILES string of the molecule is Oc1cc(F)cc(-c2cncc3[nH]c(-c4n[nH]c5ccc(-c6cncnc6)cc45)cc23)c1. The van der Waals surface area contributed by atoms with Crippen LogP contribution in [-0.2, 0) is 0 Å². The second-order valence-electron chi connectivity index (χ2n) is 7.49. The van der Waals surface area contributed by atoms with E-state index in [4.69, 9.17) is 0 Å². The molecular weight excluding hydrogens is 407 g/mol. The van der Waals surface area contributed by atoms with Crippen LogP contribution in [0.2, 0.25) is 0 Å². The number of nitrogens with one attached hydrogen (secondary N) is 2. The summed E-state index contributed by atoms with van der Waals surface area (Å²) in [5, 5.41) is 19.2. The molecule has 8 heteroatoms. The smallest absolute Gasteiger partial charge is 0.127 e. The van der Waals surface area contributed by atoms with E-state index in [1.165, 1.54) is 18.5 Å². The number of hydrogen-bond donors (Lipinski definition) is 3. The highest BCUT2D eigenvalue weighted by atomic mass is 19.1. The van der Waals surface area contributed by atoms with E-state index in [9.17, 15) is 9.50 Å². The van der Waals surface area contributed by atoms with Crippen LogP contribution >= 0.6 is 0 Å². The van der Waals surface area contributed by atoms with Crippen LogP contribution in [0.5, 0.6) is 5.75 Å². The van der Waals surface area contributed by atoms with Crippen molar-refractivity contribution in [2.75, 3.05) is 0 Å². The van der Waals surface area contributed by atoms with E-state index < -0.39 is 5.82 Å². The number of aromatic amines is 2. The second-order valence-corrected chi connectivity index (χ2v) is 7.49. The van der Waals surface area contributed by atoms with Crippen LogP contribution in [-0.4, -0.2) is 35.2 Å². The third kappa shape index (κ3) is 2.97. The number of nitrogens with zero attached hydrogens (tertiary/aromatic N) is 4. The monoisotopic (exact) mass is 422 g/mol.